The van der Waals surface area contributed by atoms with E-state index in [9.17, 15) is 13.2 Å². The van der Waals surface area contributed by atoms with Gasteiger partial charge in [0.05, 0.1) is 4.90 Å². The Labute approximate surface area is 141 Å². The number of sulfonamides is 1. The fourth-order valence-corrected chi connectivity index (χ4v) is 4.44. The van der Waals surface area contributed by atoms with E-state index >= 15 is 0 Å². The summed E-state index contributed by atoms with van der Waals surface area (Å²) in [6.45, 7) is 3.15. The summed E-state index contributed by atoms with van der Waals surface area (Å²) in [7, 11) is -3.52. The summed E-state index contributed by atoms with van der Waals surface area (Å²) in [6.07, 6.45) is 3.15. The molecule has 0 unspecified atom stereocenters. The first-order valence-electron chi connectivity index (χ1n) is 7.75. The lowest BCUT2D eigenvalue weighted by atomic mass is 10.2. The summed E-state index contributed by atoms with van der Waals surface area (Å²) in [5, 5.41) is 0. The van der Waals surface area contributed by atoms with Crippen LogP contribution in [0.15, 0.2) is 53.7 Å². The molecule has 1 saturated heterocycles. The molecule has 1 amide bonds. The van der Waals surface area contributed by atoms with Crippen LogP contribution in [-0.2, 0) is 10.0 Å². The van der Waals surface area contributed by atoms with Gasteiger partial charge in [0, 0.05) is 44.1 Å². The fraction of sp³-hybridized carbons (Fsp3) is 0.294. The number of piperazine rings is 1. The van der Waals surface area contributed by atoms with Gasteiger partial charge in [0.2, 0.25) is 10.0 Å². The van der Waals surface area contributed by atoms with Crippen LogP contribution in [0.2, 0.25) is 0 Å². The van der Waals surface area contributed by atoms with Crippen LogP contribution in [0.25, 0.3) is 0 Å². The summed E-state index contributed by atoms with van der Waals surface area (Å²) in [5.74, 6) is -0.0923. The van der Waals surface area contributed by atoms with E-state index in [1.807, 2.05) is 6.07 Å². The van der Waals surface area contributed by atoms with Crippen LogP contribution in [0.3, 0.4) is 0 Å². The van der Waals surface area contributed by atoms with Crippen molar-refractivity contribution in [2.45, 2.75) is 11.8 Å². The second-order valence-corrected chi connectivity index (χ2v) is 7.60. The van der Waals surface area contributed by atoms with Crippen LogP contribution in [0.5, 0.6) is 0 Å². The molecular formula is C17H19N3O3S. The normalized spacial score (nSPS) is 16.1. The van der Waals surface area contributed by atoms with Crippen molar-refractivity contribution >= 4 is 15.9 Å². The van der Waals surface area contributed by atoms with Crippen molar-refractivity contribution in [3.8, 4) is 0 Å². The summed E-state index contributed by atoms with van der Waals surface area (Å²) < 4.78 is 27.0. The number of nitrogens with zero attached hydrogens (tertiary/aromatic N) is 3. The van der Waals surface area contributed by atoms with Gasteiger partial charge >= 0.3 is 0 Å². The Morgan fingerprint density at radius 3 is 2.25 bits per heavy atom. The number of amides is 1. The van der Waals surface area contributed by atoms with Crippen LogP contribution >= 0.6 is 0 Å². The fourth-order valence-electron chi connectivity index (χ4n) is 2.79. The number of aryl methyl sites for hydroxylation is 1. The van der Waals surface area contributed by atoms with Gasteiger partial charge in [-0.2, -0.15) is 4.31 Å². The lowest BCUT2D eigenvalue weighted by molar-refractivity contribution is 0.0697. The van der Waals surface area contributed by atoms with Crippen molar-refractivity contribution in [3.63, 3.8) is 0 Å². The van der Waals surface area contributed by atoms with E-state index in [4.69, 9.17) is 0 Å². The average molecular weight is 345 g/mol. The summed E-state index contributed by atoms with van der Waals surface area (Å²) in [6, 6.07) is 10.3. The first-order valence-corrected chi connectivity index (χ1v) is 9.19. The predicted octanol–water partition coefficient (Wildman–Crippen LogP) is 1.54. The van der Waals surface area contributed by atoms with Crippen LogP contribution in [-0.4, -0.2) is 54.7 Å². The molecule has 1 aliphatic rings. The zero-order chi connectivity index (χ0) is 17.2. The second-order valence-electron chi connectivity index (χ2n) is 5.70. The van der Waals surface area contributed by atoms with Crippen LogP contribution in [0.1, 0.15) is 15.9 Å². The third kappa shape index (κ3) is 3.18. The Morgan fingerprint density at radius 1 is 1.00 bits per heavy atom. The number of carbonyl (C=O) groups excluding carboxylic acids is 1. The first kappa shape index (κ1) is 16.6. The lowest BCUT2D eigenvalue weighted by Gasteiger charge is -2.34. The highest BCUT2D eigenvalue weighted by molar-refractivity contribution is 7.89. The molecular weight excluding hydrogens is 326 g/mol. The highest BCUT2D eigenvalue weighted by Crippen LogP contribution is 2.21. The van der Waals surface area contributed by atoms with Crippen LogP contribution in [0, 0.1) is 6.92 Å². The predicted molar refractivity (Wildman–Crippen MR) is 90.1 cm³/mol. The SMILES string of the molecule is Cc1ccccc1S(=O)(=O)N1CCN(C(=O)c2ccncc2)CC1. The number of carbonyl (C=O) groups is 1. The van der Waals surface area contributed by atoms with Gasteiger partial charge in [0.1, 0.15) is 0 Å². The van der Waals surface area contributed by atoms with Crippen molar-refractivity contribution in [2.75, 3.05) is 26.2 Å². The van der Waals surface area contributed by atoms with E-state index in [-0.39, 0.29) is 5.91 Å². The van der Waals surface area contributed by atoms with E-state index in [1.165, 1.54) is 4.31 Å². The minimum absolute atomic E-state index is 0.0923. The molecule has 126 valence electrons. The Kier molecular flexibility index (Phi) is 4.64. The van der Waals surface area contributed by atoms with Gasteiger partial charge in [-0.1, -0.05) is 18.2 Å². The standard InChI is InChI=1S/C17H19N3O3S/c1-14-4-2-3-5-16(14)24(22,23)20-12-10-19(11-13-20)17(21)15-6-8-18-9-7-15/h2-9H,10-13H2,1H3. The maximum atomic E-state index is 12.8. The number of pyridine rings is 1. The lowest BCUT2D eigenvalue weighted by Crippen LogP contribution is -2.50. The number of hydrogen-bond acceptors (Lipinski definition) is 4. The van der Waals surface area contributed by atoms with E-state index in [1.54, 1.807) is 54.5 Å². The first-order chi connectivity index (χ1) is 11.5. The molecule has 3 rings (SSSR count). The molecule has 2 heterocycles. The smallest absolute Gasteiger partial charge is 0.254 e. The van der Waals surface area contributed by atoms with E-state index in [0.717, 1.165) is 5.56 Å². The van der Waals surface area contributed by atoms with Crippen molar-refractivity contribution in [2.24, 2.45) is 0 Å². The minimum atomic E-state index is -3.52. The maximum absolute atomic E-state index is 12.8. The third-order valence-corrected chi connectivity index (χ3v) is 6.22. The number of rotatable bonds is 3. The molecule has 0 aliphatic carbocycles. The monoisotopic (exact) mass is 345 g/mol. The van der Waals surface area contributed by atoms with Crippen molar-refractivity contribution < 1.29 is 13.2 Å². The largest absolute Gasteiger partial charge is 0.336 e. The highest BCUT2D eigenvalue weighted by atomic mass is 32.2. The third-order valence-electron chi connectivity index (χ3n) is 4.16. The Morgan fingerprint density at radius 2 is 1.62 bits per heavy atom. The van der Waals surface area contributed by atoms with Gasteiger partial charge in [0.25, 0.3) is 5.91 Å². The highest BCUT2D eigenvalue weighted by Gasteiger charge is 2.31. The Bertz CT molecular complexity index is 829. The van der Waals surface area contributed by atoms with Crippen molar-refractivity contribution in [1.29, 1.82) is 0 Å². The molecule has 6 nitrogen and oxygen atoms in total. The molecule has 0 atom stereocenters. The van der Waals surface area contributed by atoms with Crippen molar-refractivity contribution in [3.05, 3.63) is 59.9 Å². The quantitative estimate of drug-likeness (QED) is 0.846. The molecule has 0 spiro atoms. The summed E-state index contributed by atoms with van der Waals surface area (Å²) in [4.78, 5) is 18.3. The summed E-state index contributed by atoms with van der Waals surface area (Å²) in [5.41, 5.74) is 1.30. The average Bonchev–Trinajstić information content (AvgIpc) is 2.62. The van der Waals surface area contributed by atoms with Gasteiger partial charge < -0.3 is 4.90 Å². The number of hydrogen-bond donors (Lipinski definition) is 0. The zero-order valence-electron chi connectivity index (χ0n) is 13.4. The minimum Gasteiger partial charge on any atom is -0.336 e. The second kappa shape index (κ2) is 6.70. The van der Waals surface area contributed by atoms with Crippen molar-refractivity contribution in [1.82, 2.24) is 14.2 Å². The molecule has 2 aromatic rings. The topological polar surface area (TPSA) is 70.6 Å². The molecule has 1 aromatic carbocycles. The number of benzene rings is 1. The molecule has 0 saturated carbocycles. The molecule has 0 N–H and O–H groups in total. The summed E-state index contributed by atoms with van der Waals surface area (Å²) >= 11 is 0. The molecule has 24 heavy (non-hydrogen) atoms. The maximum Gasteiger partial charge on any atom is 0.254 e. The molecule has 1 aliphatic heterocycles. The van der Waals surface area contributed by atoms with Crippen LogP contribution in [0.4, 0.5) is 0 Å². The molecule has 0 radical (unpaired) electrons. The zero-order valence-corrected chi connectivity index (χ0v) is 14.2. The number of aromatic nitrogens is 1. The Hall–Kier alpha value is -2.25. The van der Waals surface area contributed by atoms with Gasteiger partial charge in [-0.25, -0.2) is 8.42 Å². The van der Waals surface area contributed by atoms with E-state index in [2.05, 4.69) is 4.98 Å². The Balaban J connectivity index is 1.71. The van der Waals surface area contributed by atoms with E-state index in [0.29, 0.717) is 36.6 Å². The molecule has 1 fully saturated rings. The van der Waals surface area contributed by atoms with Gasteiger partial charge in [-0.3, -0.25) is 9.78 Å². The van der Waals surface area contributed by atoms with E-state index < -0.39 is 10.0 Å². The molecule has 0 bridgehead atoms. The van der Waals surface area contributed by atoms with Gasteiger partial charge in [-0.15, -0.1) is 0 Å². The molecule has 7 heteroatoms. The molecule has 1 aromatic heterocycles. The van der Waals surface area contributed by atoms with Gasteiger partial charge in [-0.05, 0) is 30.7 Å². The van der Waals surface area contributed by atoms with Gasteiger partial charge in [0.15, 0.2) is 0 Å². The van der Waals surface area contributed by atoms with Crippen LogP contribution < -0.4 is 0 Å².